The summed E-state index contributed by atoms with van der Waals surface area (Å²) < 4.78 is 43.8. The van der Waals surface area contributed by atoms with Gasteiger partial charge in [-0.25, -0.2) is 9.97 Å². The Hall–Kier alpha value is -3.10. The van der Waals surface area contributed by atoms with Gasteiger partial charge in [-0.05, 0) is 49.1 Å². The zero-order valence-corrected chi connectivity index (χ0v) is 15.4. The van der Waals surface area contributed by atoms with E-state index in [1.165, 1.54) is 24.6 Å². The Morgan fingerprint density at radius 3 is 2.69 bits per heavy atom. The molecule has 0 radical (unpaired) electrons. The molecule has 0 aliphatic carbocycles. The van der Waals surface area contributed by atoms with E-state index in [2.05, 4.69) is 20.2 Å². The number of hydrogen-bond acceptors (Lipinski definition) is 5. The molecule has 0 spiro atoms. The van der Waals surface area contributed by atoms with E-state index in [0.29, 0.717) is 36.8 Å². The van der Waals surface area contributed by atoms with Gasteiger partial charge in [-0.1, -0.05) is 0 Å². The zero-order valence-electron chi connectivity index (χ0n) is 15.4. The van der Waals surface area contributed by atoms with E-state index < -0.39 is 11.9 Å². The molecule has 0 atom stereocenters. The molecule has 1 aliphatic rings. The summed E-state index contributed by atoms with van der Waals surface area (Å²) in [6.45, 7) is 1.95. The number of pyridine rings is 2. The van der Waals surface area contributed by atoms with E-state index in [0.717, 1.165) is 18.9 Å². The Labute approximate surface area is 164 Å². The first-order valence-corrected chi connectivity index (χ1v) is 9.31. The summed E-state index contributed by atoms with van der Waals surface area (Å²) in [7, 11) is 0. The van der Waals surface area contributed by atoms with Gasteiger partial charge in [-0.3, -0.25) is 4.79 Å². The van der Waals surface area contributed by atoms with Crippen molar-refractivity contribution in [3.63, 3.8) is 0 Å². The predicted octanol–water partition coefficient (Wildman–Crippen LogP) is 3.89. The lowest BCUT2D eigenvalue weighted by molar-refractivity contribution is -0.140. The lowest BCUT2D eigenvalue weighted by Gasteiger charge is -2.33. The number of furan rings is 1. The second-order valence-corrected chi connectivity index (χ2v) is 7.01. The van der Waals surface area contributed by atoms with E-state index >= 15 is 0 Å². The molecular weight excluding hydrogens is 385 g/mol. The van der Waals surface area contributed by atoms with Crippen molar-refractivity contribution < 1.29 is 22.4 Å². The Morgan fingerprint density at radius 2 is 2.00 bits per heavy atom. The topological polar surface area (TPSA) is 71.3 Å². The molecule has 3 aromatic heterocycles. The third-order valence-electron chi connectivity index (χ3n) is 5.10. The number of alkyl halides is 3. The Morgan fingerprint density at radius 1 is 1.21 bits per heavy atom. The van der Waals surface area contributed by atoms with Gasteiger partial charge in [0.25, 0.3) is 5.91 Å². The summed E-state index contributed by atoms with van der Waals surface area (Å²) >= 11 is 0. The van der Waals surface area contributed by atoms with Gasteiger partial charge in [0.1, 0.15) is 11.5 Å². The van der Waals surface area contributed by atoms with Crippen molar-refractivity contribution in [3.05, 3.63) is 54.2 Å². The van der Waals surface area contributed by atoms with Crippen molar-refractivity contribution in [2.45, 2.75) is 19.0 Å². The van der Waals surface area contributed by atoms with Crippen molar-refractivity contribution in [3.8, 4) is 0 Å². The zero-order chi connectivity index (χ0) is 20.4. The van der Waals surface area contributed by atoms with Crippen LogP contribution in [0.3, 0.4) is 0 Å². The van der Waals surface area contributed by atoms with Crippen LogP contribution in [0.25, 0.3) is 10.9 Å². The minimum absolute atomic E-state index is 0.236. The van der Waals surface area contributed by atoms with Crippen molar-refractivity contribution in [2.75, 3.05) is 24.5 Å². The summed E-state index contributed by atoms with van der Waals surface area (Å²) in [4.78, 5) is 22.1. The van der Waals surface area contributed by atoms with Crippen LogP contribution in [0, 0.1) is 5.92 Å². The highest BCUT2D eigenvalue weighted by Crippen LogP contribution is 2.32. The molecule has 1 N–H and O–H groups in total. The minimum atomic E-state index is -4.48. The van der Waals surface area contributed by atoms with Crippen LogP contribution in [0.5, 0.6) is 0 Å². The van der Waals surface area contributed by atoms with Gasteiger partial charge in [0.05, 0.1) is 11.8 Å². The average Bonchev–Trinajstić information content (AvgIpc) is 3.26. The molecule has 1 amide bonds. The number of halogens is 3. The molecule has 6 nitrogen and oxygen atoms in total. The number of anilines is 1. The number of aromatic nitrogens is 2. The van der Waals surface area contributed by atoms with E-state index in [1.807, 2.05) is 0 Å². The molecule has 0 saturated carbocycles. The van der Waals surface area contributed by atoms with Crippen molar-refractivity contribution in [2.24, 2.45) is 5.92 Å². The third kappa shape index (κ3) is 4.18. The summed E-state index contributed by atoms with van der Waals surface area (Å²) in [6, 6.07) is 7.19. The lowest BCUT2D eigenvalue weighted by Crippen LogP contribution is -2.39. The van der Waals surface area contributed by atoms with Gasteiger partial charge in [0, 0.05) is 31.2 Å². The number of rotatable bonds is 4. The smallest absolute Gasteiger partial charge is 0.433 e. The summed E-state index contributed by atoms with van der Waals surface area (Å²) in [6.07, 6.45) is 0.142. The molecule has 4 heterocycles. The molecule has 0 aromatic carbocycles. The molecule has 1 fully saturated rings. The number of fused-ring (bicyclic) bond motifs is 1. The summed E-state index contributed by atoms with van der Waals surface area (Å²) in [5.74, 6) is 1.00. The van der Waals surface area contributed by atoms with Crippen LogP contribution in [0.2, 0.25) is 0 Å². The number of carbonyl (C=O) groups excluding carboxylic acids is 1. The highest BCUT2D eigenvalue weighted by Gasteiger charge is 2.33. The van der Waals surface area contributed by atoms with Crippen LogP contribution in [0.1, 0.15) is 29.1 Å². The predicted molar refractivity (Wildman–Crippen MR) is 101 cm³/mol. The van der Waals surface area contributed by atoms with Crippen molar-refractivity contribution >= 4 is 22.6 Å². The van der Waals surface area contributed by atoms with Crippen molar-refractivity contribution in [1.82, 2.24) is 15.3 Å². The number of amides is 1. The number of carbonyl (C=O) groups is 1. The van der Waals surface area contributed by atoms with Gasteiger partial charge in [0.15, 0.2) is 5.76 Å². The van der Waals surface area contributed by atoms with Crippen LogP contribution in [0.4, 0.5) is 19.0 Å². The Bertz CT molecular complexity index is 997. The molecule has 4 rings (SSSR count). The molecule has 3 aromatic rings. The lowest BCUT2D eigenvalue weighted by atomic mass is 9.96. The van der Waals surface area contributed by atoms with E-state index in [9.17, 15) is 18.0 Å². The molecule has 152 valence electrons. The highest BCUT2D eigenvalue weighted by molar-refractivity contribution is 5.91. The maximum Gasteiger partial charge on any atom is 0.433 e. The Kier molecular flexibility index (Phi) is 5.12. The van der Waals surface area contributed by atoms with Gasteiger partial charge in [0.2, 0.25) is 0 Å². The summed E-state index contributed by atoms with van der Waals surface area (Å²) in [5.41, 5.74) is -0.634. The minimum Gasteiger partial charge on any atom is -0.459 e. The Balaban J connectivity index is 1.40. The maximum absolute atomic E-state index is 12.9. The molecule has 1 aliphatic heterocycles. The standard InChI is InChI=1S/C20H19F3N4O2/c21-20(22,23)17-4-3-14-15(26-17)5-8-24-18(14)27-9-6-13(7-10-27)12-25-19(28)16-2-1-11-29-16/h1-5,8,11,13H,6-7,9-10,12H2,(H,25,28). The van der Waals surface area contributed by atoms with Gasteiger partial charge < -0.3 is 14.6 Å². The second kappa shape index (κ2) is 7.73. The van der Waals surface area contributed by atoms with Gasteiger partial charge >= 0.3 is 6.18 Å². The maximum atomic E-state index is 12.9. The number of nitrogens with one attached hydrogen (secondary N) is 1. The third-order valence-corrected chi connectivity index (χ3v) is 5.10. The molecular formula is C20H19F3N4O2. The SMILES string of the molecule is O=C(NCC1CCN(c2nccc3nc(C(F)(F)F)ccc23)CC1)c1ccco1. The molecule has 29 heavy (non-hydrogen) atoms. The van der Waals surface area contributed by atoms with Crippen LogP contribution < -0.4 is 10.2 Å². The fourth-order valence-corrected chi connectivity index (χ4v) is 3.53. The molecule has 0 unspecified atom stereocenters. The van der Waals surface area contributed by atoms with E-state index in [4.69, 9.17) is 4.42 Å². The number of nitrogens with zero attached hydrogens (tertiary/aromatic N) is 3. The number of hydrogen-bond donors (Lipinski definition) is 1. The molecule has 1 saturated heterocycles. The highest BCUT2D eigenvalue weighted by atomic mass is 19.4. The van der Waals surface area contributed by atoms with Gasteiger partial charge in [-0.2, -0.15) is 13.2 Å². The average molecular weight is 404 g/mol. The fraction of sp³-hybridized carbons (Fsp3) is 0.350. The fourth-order valence-electron chi connectivity index (χ4n) is 3.53. The van der Waals surface area contributed by atoms with E-state index in [1.54, 1.807) is 12.1 Å². The monoisotopic (exact) mass is 404 g/mol. The van der Waals surface area contributed by atoms with Crippen LogP contribution >= 0.6 is 0 Å². The van der Waals surface area contributed by atoms with E-state index in [-0.39, 0.29) is 17.2 Å². The quantitative estimate of drug-likeness (QED) is 0.715. The first-order chi connectivity index (χ1) is 13.9. The van der Waals surface area contributed by atoms with Crippen LogP contribution in [-0.2, 0) is 6.18 Å². The van der Waals surface area contributed by atoms with Gasteiger partial charge in [-0.15, -0.1) is 0 Å². The van der Waals surface area contributed by atoms with Crippen LogP contribution in [0.15, 0.2) is 47.2 Å². The molecule has 9 heteroatoms. The van der Waals surface area contributed by atoms with Crippen LogP contribution in [-0.4, -0.2) is 35.5 Å². The first kappa shape index (κ1) is 19.2. The van der Waals surface area contributed by atoms with Crippen molar-refractivity contribution in [1.29, 1.82) is 0 Å². The first-order valence-electron chi connectivity index (χ1n) is 9.31. The molecule has 0 bridgehead atoms. The number of piperidine rings is 1. The normalized spacial score (nSPS) is 15.6. The summed E-state index contributed by atoms with van der Waals surface area (Å²) in [5, 5.41) is 3.48. The largest absolute Gasteiger partial charge is 0.459 e. The second-order valence-electron chi connectivity index (χ2n) is 7.01.